The Labute approximate surface area is 144 Å². The van der Waals surface area contributed by atoms with Crippen LogP contribution in [0.5, 0.6) is 0 Å². The van der Waals surface area contributed by atoms with Gasteiger partial charge in [0.1, 0.15) is 0 Å². The van der Waals surface area contributed by atoms with Crippen LogP contribution in [0.2, 0.25) is 10.0 Å². The number of benzene rings is 2. The van der Waals surface area contributed by atoms with Gasteiger partial charge in [-0.25, -0.2) is 4.79 Å². The summed E-state index contributed by atoms with van der Waals surface area (Å²) in [6, 6.07) is 11.1. The number of hydrogen-bond donors (Lipinski definition) is 1. The molecule has 0 aromatic heterocycles. The lowest BCUT2D eigenvalue weighted by molar-refractivity contribution is 0.0505. The van der Waals surface area contributed by atoms with Crippen molar-refractivity contribution in [3.63, 3.8) is 0 Å². The van der Waals surface area contributed by atoms with Gasteiger partial charge in [0.25, 0.3) is 5.91 Å². The summed E-state index contributed by atoms with van der Waals surface area (Å²) >= 11 is 11.9. The van der Waals surface area contributed by atoms with Crippen LogP contribution in [0.25, 0.3) is 0 Å². The molecule has 0 aliphatic carbocycles. The topological polar surface area (TPSA) is 55.4 Å². The molecule has 0 saturated heterocycles. The largest absolute Gasteiger partial charge is 0.462 e. The number of hydrogen-bond acceptors (Lipinski definition) is 3. The Morgan fingerprint density at radius 3 is 2.43 bits per heavy atom. The van der Waals surface area contributed by atoms with Crippen molar-refractivity contribution in [3.8, 4) is 0 Å². The monoisotopic (exact) mass is 351 g/mol. The van der Waals surface area contributed by atoms with Gasteiger partial charge in [-0.2, -0.15) is 0 Å². The highest BCUT2D eigenvalue weighted by Crippen LogP contribution is 2.22. The van der Waals surface area contributed by atoms with Gasteiger partial charge in [0, 0.05) is 10.7 Å². The Morgan fingerprint density at radius 1 is 1.09 bits per heavy atom. The minimum absolute atomic E-state index is 0.283. The first-order chi connectivity index (χ1) is 11.0. The van der Waals surface area contributed by atoms with Gasteiger partial charge in [-0.3, -0.25) is 4.79 Å². The molecule has 23 heavy (non-hydrogen) atoms. The van der Waals surface area contributed by atoms with E-state index in [9.17, 15) is 9.59 Å². The van der Waals surface area contributed by atoms with Gasteiger partial charge in [0.2, 0.25) is 0 Å². The zero-order chi connectivity index (χ0) is 16.8. The molecule has 0 saturated carbocycles. The Bertz CT molecular complexity index is 714. The molecular weight excluding hydrogens is 337 g/mol. The molecular formula is C17H15Cl2NO3. The van der Waals surface area contributed by atoms with Crippen LogP contribution in [0.1, 0.15) is 34.1 Å². The normalized spacial score (nSPS) is 10.2. The lowest BCUT2D eigenvalue weighted by Crippen LogP contribution is -2.13. The summed E-state index contributed by atoms with van der Waals surface area (Å²) in [6.45, 7) is 2.30. The van der Waals surface area contributed by atoms with E-state index < -0.39 is 0 Å². The number of carbonyl (C=O) groups is 2. The van der Waals surface area contributed by atoms with Crippen molar-refractivity contribution in [1.29, 1.82) is 0 Å². The van der Waals surface area contributed by atoms with Crippen LogP contribution in [0.4, 0.5) is 5.69 Å². The summed E-state index contributed by atoms with van der Waals surface area (Å²) in [6.07, 6.45) is 0.764. The van der Waals surface area contributed by atoms with Crippen molar-refractivity contribution >= 4 is 40.8 Å². The first-order valence-corrected chi connectivity index (χ1v) is 7.80. The standard InChI is InChI=1S/C17H15Cl2NO3/c1-2-9-23-17(22)11-3-6-13(7-4-11)20-16(21)14-10-12(18)5-8-15(14)19/h3-8,10H,2,9H2,1H3,(H,20,21). The molecule has 2 rings (SSSR count). The Morgan fingerprint density at radius 2 is 1.78 bits per heavy atom. The first kappa shape index (κ1) is 17.3. The summed E-state index contributed by atoms with van der Waals surface area (Å²) in [4.78, 5) is 23.9. The van der Waals surface area contributed by atoms with Gasteiger partial charge < -0.3 is 10.1 Å². The fourth-order valence-corrected chi connectivity index (χ4v) is 2.21. The molecule has 2 aromatic rings. The third-order valence-corrected chi connectivity index (χ3v) is 3.55. The predicted molar refractivity (Wildman–Crippen MR) is 91.4 cm³/mol. The number of ether oxygens (including phenoxy) is 1. The number of amides is 1. The van der Waals surface area contributed by atoms with Crippen LogP contribution in [-0.2, 0) is 4.74 Å². The SMILES string of the molecule is CCCOC(=O)c1ccc(NC(=O)c2cc(Cl)ccc2Cl)cc1. The number of anilines is 1. The van der Waals surface area contributed by atoms with Crippen LogP contribution in [-0.4, -0.2) is 18.5 Å². The van der Waals surface area contributed by atoms with E-state index in [1.54, 1.807) is 36.4 Å². The van der Waals surface area contributed by atoms with Crippen molar-refractivity contribution in [2.75, 3.05) is 11.9 Å². The van der Waals surface area contributed by atoms with Gasteiger partial charge in [-0.05, 0) is 48.9 Å². The molecule has 0 unspecified atom stereocenters. The number of nitrogens with one attached hydrogen (secondary N) is 1. The second-order valence-electron chi connectivity index (χ2n) is 4.79. The average molecular weight is 352 g/mol. The first-order valence-electron chi connectivity index (χ1n) is 7.05. The van der Waals surface area contributed by atoms with Crippen molar-refractivity contribution in [3.05, 3.63) is 63.6 Å². The molecule has 0 fully saturated rings. The number of rotatable bonds is 5. The lowest BCUT2D eigenvalue weighted by Gasteiger charge is -2.08. The van der Waals surface area contributed by atoms with Gasteiger partial charge in [-0.1, -0.05) is 30.1 Å². The zero-order valence-corrected chi connectivity index (χ0v) is 13.9. The van der Waals surface area contributed by atoms with E-state index in [1.807, 2.05) is 6.92 Å². The van der Waals surface area contributed by atoms with E-state index in [2.05, 4.69) is 5.32 Å². The quantitative estimate of drug-likeness (QED) is 0.786. The molecule has 0 radical (unpaired) electrons. The smallest absolute Gasteiger partial charge is 0.338 e. The van der Waals surface area contributed by atoms with E-state index in [4.69, 9.17) is 27.9 Å². The third-order valence-electron chi connectivity index (χ3n) is 2.99. The van der Waals surface area contributed by atoms with Gasteiger partial charge in [0.05, 0.1) is 22.8 Å². The van der Waals surface area contributed by atoms with Crippen molar-refractivity contribution in [1.82, 2.24) is 0 Å². The molecule has 0 heterocycles. The predicted octanol–water partition coefficient (Wildman–Crippen LogP) is 4.81. The van der Waals surface area contributed by atoms with Crippen LogP contribution in [0.15, 0.2) is 42.5 Å². The molecule has 6 heteroatoms. The summed E-state index contributed by atoms with van der Waals surface area (Å²) < 4.78 is 5.04. The number of halogens is 2. The molecule has 0 bridgehead atoms. The van der Waals surface area contributed by atoms with Gasteiger partial charge in [0.15, 0.2) is 0 Å². The van der Waals surface area contributed by atoms with Crippen LogP contribution < -0.4 is 5.32 Å². The third kappa shape index (κ3) is 4.71. The van der Waals surface area contributed by atoms with E-state index in [0.717, 1.165) is 6.42 Å². The zero-order valence-electron chi connectivity index (χ0n) is 12.4. The van der Waals surface area contributed by atoms with Crippen molar-refractivity contribution in [2.24, 2.45) is 0 Å². The molecule has 0 aliphatic heterocycles. The fraction of sp³-hybridized carbons (Fsp3) is 0.176. The van der Waals surface area contributed by atoms with Crippen molar-refractivity contribution in [2.45, 2.75) is 13.3 Å². The maximum absolute atomic E-state index is 12.2. The van der Waals surface area contributed by atoms with Gasteiger partial charge >= 0.3 is 5.97 Å². The summed E-state index contributed by atoms with van der Waals surface area (Å²) in [7, 11) is 0. The minimum atomic E-state index is -0.386. The number of carbonyl (C=O) groups excluding carboxylic acids is 2. The highest BCUT2D eigenvalue weighted by molar-refractivity contribution is 6.36. The molecule has 1 N–H and O–H groups in total. The second-order valence-corrected chi connectivity index (χ2v) is 5.64. The van der Waals surface area contributed by atoms with E-state index in [1.165, 1.54) is 6.07 Å². The molecule has 1 amide bonds. The summed E-state index contributed by atoms with van der Waals surface area (Å²) in [5.41, 5.74) is 1.25. The van der Waals surface area contributed by atoms with Gasteiger partial charge in [-0.15, -0.1) is 0 Å². The minimum Gasteiger partial charge on any atom is -0.462 e. The molecule has 0 spiro atoms. The van der Waals surface area contributed by atoms with Crippen LogP contribution in [0.3, 0.4) is 0 Å². The maximum Gasteiger partial charge on any atom is 0.338 e. The molecule has 2 aromatic carbocycles. The maximum atomic E-state index is 12.2. The highest BCUT2D eigenvalue weighted by atomic mass is 35.5. The lowest BCUT2D eigenvalue weighted by atomic mass is 10.2. The van der Waals surface area contributed by atoms with E-state index in [-0.39, 0.29) is 17.4 Å². The van der Waals surface area contributed by atoms with E-state index >= 15 is 0 Å². The molecule has 120 valence electrons. The van der Waals surface area contributed by atoms with Crippen molar-refractivity contribution < 1.29 is 14.3 Å². The molecule has 0 atom stereocenters. The Hall–Kier alpha value is -2.04. The summed E-state index contributed by atoms with van der Waals surface area (Å²) in [5.74, 6) is -0.763. The fourth-order valence-electron chi connectivity index (χ4n) is 1.84. The molecule has 4 nitrogen and oxygen atoms in total. The number of esters is 1. The highest BCUT2D eigenvalue weighted by Gasteiger charge is 2.12. The Kier molecular flexibility index (Phi) is 6.02. The average Bonchev–Trinajstić information content (AvgIpc) is 2.55. The summed E-state index contributed by atoms with van der Waals surface area (Å²) in [5, 5.41) is 3.44. The van der Waals surface area contributed by atoms with Crippen LogP contribution in [0, 0.1) is 0 Å². The van der Waals surface area contributed by atoms with E-state index in [0.29, 0.717) is 27.9 Å². The Balaban J connectivity index is 2.07. The molecule has 0 aliphatic rings. The van der Waals surface area contributed by atoms with Crippen LogP contribution >= 0.6 is 23.2 Å². The second kappa shape index (κ2) is 7.99.